The number of aromatic nitrogens is 1. The van der Waals surface area contributed by atoms with Crippen LogP contribution in [-0.4, -0.2) is 96.5 Å². The Labute approximate surface area is 297 Å². The zero-order chi connectivity index (χ0) is 36.3. The maximum absolute atomic E-state index is 14.4. The number of ether oxygens (including phenoxy) is 3. The molecule has 1 aromatic heterocycles. The number of carbonyl (C=O) groups is 4. The molecule has 0 spiro atoms. The predicted octanol–water partition coefficient (Wildman–Crippen LogP) is 3.90. The van der Waals surface area contributed by atoms with Gasteiger partial charge in [0.15, 0.2) is 9.84 Å². The van der Waals surface area contributed by atoms with Gasteiger partial charge in [-0.15, -0.1) is 0 Å². The third-order valence-electron chi connectivity index (χ3n) is 10.2. The standard InChI is InChI=1S/C36H46N4O10S/c1-3-48-30-19-28(25-15-11-17-29(31(25)38-30)51(2,46)47)49-24-18-27-32(41)39-36(34(43)44)20-22(36)12-7-5-4-6-8-16-26(33(42)40(27)21-24)37-35(45)50-23-13-9-10-14-23/h7,11-12,15,17,19,22-24,26-27H,3-6,8-10,13-14,16,18,20-21H2,1-2H3,(H,37,45)(H,39,41)(H,43,44)/t22-,24-,26+,27+,36-/m1/s1. The van der Waals surface area contributed by atoms with Crippen LogP contribution in [0.3, 0.4) is 0 Å². The van der Waals surface area contributed by atoms with Crippen molar-refractivity contribution in [2.24, 2.45) is 5.92 Å². The van der Waals surface area contributed by atoms with Crippen molar-refractivity contribution in [2.75, 3.05) is 19.4 Å². The molecule has 3 N–H and O–H groups in total. The van der Waals surface area contributed by atoms with Crippen LogP contribution in [-0.2, 0) is 29.0 Å². The number of fused-ring (bicyclic) bond motifs is 3. The van der Waals surface area contributed by atoms with Crippen molar-refractivity contribution in [3.05, 3.63) is 36.4 Å². The first kappa shape index (κ1) is 36.4. The number of carboxylic acid groups (broad SMARTS) is 1. The summed E-state index contributed by atoms with van der Waals surface area (Å²) in [6, 6.07) is 4.13. The van der Waals surface area contributed by atoms with Crippen LogP contribution in [0.25, 0.3) is 10.9 Å². The average molecular weight is 727 g/mol. The maximum atomic E-state index is 14.4. The van der Waals surface area contributed by atoms with E-state index >= 15 is 0 Å². The highest BCUT2D eigenvalue weighted by molar-refractivity contribution is 7.91. The molecule has 5 atom stereocenters. The van der Waals surface area contributed by atoms with E-state index in [2.05, 4.69) is 15.6 Å². The quantitative estimate of drug-likeness (QED) is 0.335. The number of nitrogens with zero attached hydrogens (tertiary/aromatic N) is 2. The highest BCUT2D eigenvalue weighted by Gasteiger charge is 2.61. The number of alkyl carbamates (subject to hydrolysis) is 1. The Morgan fingerprint density at radius 2 is 1.86 bits per heavy atom. The van der Waals surface area contributed by atoms with E-state index in [1.165, 1.54) is 11.0 Å². The summed E-state index contributed by atoms with van der Waals surface area (Å²) in [7, 11) is -3.68. The average Bonchev–Trinajstić information content (AvgIpc) is 3.35. The number of hydrogen-bond acceptors (Lipinski definition) is 10. The number of hydrogen-bond donors (Lipinski definition) is 3. The smallest absolute Gasteiger partial charge is 0.408 e. The molecule has 0 unspecified atom stereocenters. The van der Waals surface area contributed by atoms with Gasteiger partial charge in [-0.25, -0.2) is 23.0 Å². The molecule has 2 aliphatic heterocycles. The fraction of sp³-hybridized carbons (Fsp3) is 0.583. The second-order valence-electron chi connectivity index (χ2n) is 13.9. The predicted molar refractivity (Wildman–Crippen MR) is 185 cm³/mol. The lowest BCUT2D eigenvalue weighted by Gasteiger charge is -2.29. The topological polar surface area (TPSA) is 191 Å². The Hall–Kier alpha value is -4.40. The van der Waals surface area contributed by atoms with Gasteiger partial charge in [0.2, 0.25) is 17.7 Å². The molecule has 51 heavy (non-hydrogen) atoms. The van der Waals surface area contributed by atoms with Crippen molar-refractivity contribution in [3.63, 3.8) is 0 Å². The number of nitrogens with one attached hydrogen (secondary N) is 2. The molecule has 2 aliphatic carbocycles. The Kier molecular flexibility index (Phi) is 10.7. The van der Waals surface area contributed by atoms with Gasteiger partial charge in [-0.1, -0.05) is 31.1 Å². The molecule has 3 heterocycles. The van der Waals surface area contributed by atoms with Crippen LogP contribution in [0, 0.1) is 5.92 Å². The van der Waals surface area contributed by atoms with Crippen LogP contribution in [0.2, 0.25) is 0 Å². The van der Waals surface area contributed by atoms with E-state index in [1.54, 1.807) is 25.1 Å². The van der Waals surface area contributed by atoms with Crippen LogP contribution >= 0.6 is 0 Å². The molecule has 14 nitrogen and oxygen atoms in total. The van der Waals surface area contributed by atoms with Crippen molar-refractivity contribution in [1.29, 1.82) is 0 Å². The number of carbonyl (C=O) groups excluding carboxylic acids is 3. The molecule has 1 aromatic carbocycles. The molecule has 4 aliphatic rings. The van der Waals surface area contributed by atoms with Crippen molar-refractivity contribution < 1.29 is 46.9 Å². The van der Waals surface area contributed by atoms with E-state index in [0.717, 1.165) is 51.2 Å². The van der Waals surface area contributed by atoms with E-state index < -0.39 is 57.4 Å². The largest absolute Gasteiger partial charge is 0.488 e. The first-order chi connectivity index (χ1) is 24.4. The minimum atomic E-state index is -3.68. The lowest BCUT2D eigenvalue weighted by molar-refractivity contribution is -0.145. The van der Waals surface area contributed by atoms with Crippen LogP contribution in [0.4, 0.5) is 4.79 Å². The van der Waals surface area contributed by atoms with Gasteiger partial charge in [0.1, 0.15) is 35.6 Å². The van der Waals surface area contributed by atoms with E-state index in [1.807, 2.05) is 12.2 Å². The van der Waals surface area contributed by atoms with Crippen LogP contribution < -0.4 is 20.1 Å². The van der Waals surface area contributed by atoms with Gasteiger partial charge in [-0.2, -0.15) is 0 Å². The van der Waals surface area contributed by atoms with Gasteiger partial charge in [0.05, 0.1) is 23.6 Å². The molecule has 1 saturated heterocycles. The second kappa shape index (κ2) is 15.1. The number of allylic oxidation sites excluding steroid dienone is 1. The molecule has 3 amide bonds. The molecule has 15 heteroatoms. The lowest BCUT2D eigenvalue weighted by atomic mass is 10.0. The SMILES string of the molecule is CCOc1cc(O[C@@H]2C[C@H]3C(=O)N[C@]4(C(=O)O)C[C@H]4C=CCCCCC[C@H](NC(=O)OC4CCCC4)C(=O)N3C2)c2cccc(S(C)(=O)=O)c2n1. The number of pyridine rings is 1. The first-order valence-corrected chi connectivity index (χ1v) is 19.7. The summed E-state index contributed by atoms with van der Waals surface area (Å²) in [6.07, 6.45) is 10.2. The summed E-state index contributed by atoms with van der Waals surface area (Å²) in [4.78, 5) is 59.7. The van der Waals surface area contributed by atoms with Crippen LogP contribution in [0.1, 0.15) is 77.6 Å². The van der Waals surface area contributed by atoms with Crippen molar-refractivity contribution in [2.45, 2.75) is 112 Å². The molecule has 2 aromatic rings. The zero-order valence-electron chi connectivity index (χ0n) is 29.0. The summed E-state index contributed by atoms with van der Waals surface area (Å²) < 4.78 is 43.1. The van der Waals surface area contributed by atoms with E-state index in [-0.39, 0.29) is 60.1 Å². The fourth-order valence-electron chi connectivity index (χ4n) is 7.45. The summed E-state index contributed by atoms with van der Waals surface area (Å²) in [5.74, 6) is -2.28. The third kappa shape index (κ3) is 8.08. The van der Waals surface area contributed by atoms with Gasteiger partial charge in [0.25, 0.3) is 0 Å². The summed E-state index contributed by atoms with van der Waals surface area (Å²) in [5.41, 5.74) is -1.33. The number of aliphatic carboxylic acids is 1. The van der Waals surface area contributed by atoms with Crippen molar-refractivity contribution in [3.8, 4) is 11.6 Å². The molecule has 6 rings (SSSR count). The minimum absolute atomic E-state index is 0.00652. The number of benzene rings is 1. The highest BCUT2D eigenvalue weighted by Crippen LogP contribution is 2.45. The summed E-state index contributed by atoms with van der Waals surface area (Å²) in [5, 5.41) is 16.1. The van der Waals surface area contributed by atoms with Crippen LogP contribution in [0.15, 0.2) is 41.3 Å². The van der Waals surface area contributed by atoms with Gasteiger partial charge >= 0.3 is 12.1 Å². The number of para-hydroxylation sites is 1. The Bertz CT molecular complexity index is 1810. The second-order valence-corrected chi connectivity index (χ2v) is 15.9. The maximum Gasteiger partial charge on any atom is 0.408 e. The third-order valence-corrected chi connectivity index (χ3v) is 11.3. The molecule has 0 bridgehead atoms. The Morgan fingerprint density at radius 3 is 2.59 bits per heavy atom. The molecule has 3 fully saturated rings. The van der Waals surface area contributed by atoms with Crippen LogP contribution in [0.5, 0.6) is 11.6 Å². The lowest BCUT2D eigenvalue weighted by Crippen LogP contribution is -2.56. The normalized spacial score (nSPS) is 27.5. The van der Waals surface area contributed by atoms with Gasteiger partial charge in [-0.3, -0.25) is 9.59 Å². The number of carboxylic acids is 1. The van der Waals surface area contributed by atoms with E-state index in [0.29, 0.717) is 18.2 Å². The molecule has 0 radical (unpaired) electrons. The van der Waals surface area contributed by atoms with E-state index in [9.17, 15) is 32.7 Å². The molecule has 276 valence electrons. The Morgan fingerprint density at radius 1 is 1.10 bits per heavy atom. The summed E-state index contributed by atoms with van der Waals surface area (Å²) in [6.45, 7) is 1.96. The number of amides is 3. The monoisotopic (exact) mass is 726 g/mol. The highest BCUT2D eigenvalue weighted by atomic mass is 32.2. The zero-order valence-corrected chi connectivity index (χ0v) is 29.8. The van der Waals surface area contributed by atoms with E-state index in [4.69, 9.17) is 14.2 Å². The number of rotatable bonds is 8. The Balaban J connectivity index is 1.32. The van der Waals surface area contributed by atoms with Crippen molar-refractivity contribution in [1.82, 2.24) is 20.5 Å². The van der Waals surface area contributed by atoms with Gasteiger partial charge in [0, 0.05) is 30.0 Å². The first-order valence-electron chi connectivity index (χ1n) is 17.8. The van der Waals surface area contributed by atoms with Crippen molar-refractivity contribution >= 4 is 44.6 Å². The van der Waals surface area contributed by atoms with Gasteiger partial charge < -0.3 is 34.9 Å². The number of sulfone groups is 1. The molecule has 2 saturated carbocycles. The summed E-state index contributed by atoms with van der Waals surface area (Å²) >= 11 is 0. The minimum Gasteiger partial charge on any atom is -0.488 e. The fourth-order valence-corrected chi connectivity index (χ4v) is 8.28. The molecular formula is C36H46N4O10S. The molecular weight excluding hydrogens is 680 g/mol. The van der Waals surface area contributed by atoms with Gasteiger partial charge in [-0.05, 0) is 70.4 Å².